The Morgan fingerprint density at radius 2 is 1.70 bits per heavy atom. The van der Waals surface area contributed by atoms with Crippen LogP contribution in [-0.2, 0) is 0 Å². The fraction of sp³-hybridized carbons (Fsp3) is 0.0714. The highest BCUT2D eigenvalue weighted by Gasteiger charge is 2.30. The minimum absolute atomic E-state index is 0.0347. The molecule has 3 nitrogen and oxygen atoms in total. The largest absolute Gasteiger partial charge is 0.491 e. The van der Waals surface area contributed by atoms with Crippen LogP contribution >= 0.6 is 34.2 Å². The smallest absolute Gasteiger partial charge is 0.261 e. The molecule has 0 heterocycles. The summed E-state index contributed by atoms with van der Waals surface area (Å²) >= 11 is 7.84. The zero-order valence-electron chi connectivity index (χ0n) is 11.3. The molecule has 2 rings (SSSR count). The highest BCUT2D eigenvalue weighted by Crippen LogP contribution is 2.31. The number of amides is 1. The van der Waals surface area contributed by atoms with Crippen molar-refractivity contribution in [3.63, 3.8) is 0 Å². The first kappa shape index (κ1) is 17.8. The van der Waals surface area contributed by atoms with E-state index in [1.807, 2.05) is 22.6 Å². The Labute approximate surface area is 146 Å². The second-order valence-electron chi connectivity index (χ2n) is 4.24. The number of hydrogen-bond acceptors (Lipinski definition) is 2. The van der Waals surface area contributed by atoms with Gasteiger partial charge in [0.1, 0.15) is 5.56 Å². The Morgan fingerprint density at radius 3 is 2.17 bits per heavy atom. The SMILES string of the molecule is COc1c(F)c(F)c(C(=O)Nc2ccc(I)cc2Cl)c(F)c1F. The molecule has 0 radical (unpaired) electrons. The van der Waals surface area contributed by atoms with Gasteiger partial charge in [0.2, 0.25) is 11.6 Å². The minimum Gasteiger partial charge on any atom is -0.491 e. The Kier molecular flexibility index (Phi) is 5.35. The van der Waals surface area contributed by atoms with Gasteiger partial charge in [-0.25, -0.2) is 8.78 Å². The van der Waals surface area contributed by atoms with Gasteiger partial charge < -0.3 is 10.1 Å². The van der Waals surface area contributed by atoms with E-state index in [0.717, 1.165) is 10.7 Å². The number of rotatable bonds is 3. The second kappa shape index (κ2) is 6.91. The molecule has 0 aliphatic rings. The normalized spacial score (nSPS) is 10.6. The third-order valence-electron chi connectivity index (χ3n) is 2.83. The molecule has 2 aromatic rings. The first-order valence-electron chi connectivity index (χ1n) is 5.94. The average Bonchev–Trinajstić information content (AvgIpc) is 2.49. The lowest BCUT2D eigenvalue weighted by Gasteiger charge is -2.12. The molecule has 0 fully saturated rings. The van der Waals surface area contributed by atoms with Crippen LogP contribution in [0.25, 0.3) is 0 Å². The van der Waals surface area contributed by atoms with Crippen molar-refractivity contribution in [1.82, 2.24) is 0 Å². The monoisotopic (exact) mass is 459 g/mol. The van der Waals surface area contributed by atoms with Gasteiger partial charge in [0.15, 0.2) is 17.4 Å². The van der Waals surface area contributed by atoms with Crippen molar-refractivity contribution in [1.29, 1.82) is 0 Å². The van der Waals surface area contributed by atoms with E-state index in [1.165, 1.54) is 12.1 Å². The zero-order valence-corrected chi connectivity index (χ0v) is 14.2. The van der Waals surface area contributed by atoms with E-state index in [0.29, 0.717) is 0 Å². The molecular formula is C14H7ClF4INO2. The molecule has 0 saturated carbocycles. The Bertz CT molecular complexity index is 772. The number of carbonyl (C=O) groups excluding carboxylic acids is 1. The maximum absolute atomic E-state index is 13.9. The lowest BCUT2D eigenvalue weighted by molar-refractivity contribution is 0.101. The Balaban J connectivity index is 2.48. The number of ether oxygens (including phenoxy) is 1. The molecular weight excluding hydrogens is 453 g/mol. The van der Waals surface area contributed by atoms with Crippen LogP contribution in [-0.4, -0.2) is 13.0 Å². The number of benzene rings is 2. The summed E-state index contributed by atoms with van der Waals surface area (Å²) in [7, 11) is 0.839. The molecule has 2 aromatic carbocycles. The van der Waals surface area contributed by atoms with Crippen LogP contribution in [0.2, 0.25) is 5.02 Å². The van der Waals surface area contributed by atoms with Gasteiger partial charge in [-0.05, 0) is 40.8 Å². The van der Waals surface area contributed by atoms with Crippen molar-refractivity contribution in [2.45, 2.75) is 0 Å². The summed E-state index contributed by atoms with van der Waals surface area (Å²) in [6.07, 6.45) is 0. The fourth-order valence-corrected chi connectivity index (χ4v) is 2.67. The van der Waals surface area contributed by atoms with E-state index in [4.69, 9.17) is 11.6 Å². The number of nitrogens with one attached hydrogen (secondary N) is 1. The standard InChI is InChI=1S/C14H7ClF4INO2/c1-23-13-11(18)9(16)8(10(17)12(13)19)14(22)21-7-3-2-5(20)4-6(7)15/h2-4H,1H3,(H,21,22). The number of methoxy groups -OCH3 is 1. The Hall–Kier alpha value is -1.55. The number of anilines is 1. The summed E-state index contributed by atoms with van der Waals surface area (Å²) in [5.41, 5.74) is -1.37. The highest BCUT2D eigenvalue weighted by molar-refractivity contribution is 14.1. The van der Waals surface area contributed by atoms with Gasteiger partial charge in [-0.15, -0.1) is 0 Å². The summed E-state index contributed by atoms with van der Waals surface area (Å²) in [4.78, 5) is 12.0. The van der Waals surface area contributed by atoms with E-state index in [9.17, 15) is 22.4 Å². The molecule has 1 N–H and O–H groups in total. The van der Waals surface area contributed by atoms with Gasteiger partial charge >= 0.3 is 0 Å². The van der Waals surface area contributed by atoms with Crippen LogP contribution in [0.3, 0.4) is 0 Å². The molecule has 0 atom stereocenters. The molecule has 0 saturated heterocycles. The molecule has 0 aliphatic carbocycles. The second-order valence-corrected chi connectivity index (χ2v) is 5.90. The maximum Gasteiger partial charge on any atom is 0.261 e. The molecule has 0 aliphatic heterocycles. The Morgan fingerprint density at radius 1 is 1.13 bits per heavy atom. The van der Waals surface area contributed by atoms with Gasteiger partial charge in [-0.1, -0.05) is 11.6 Å². The van der Waals surface area contributed by atoms with E-state index >= 15 is 0 Å². The van der Waals surface area contributed by atoms with Crippen LogP contribution in [0.5, 0.6) is 5.75 Å². The molecule has 0 spiro atoms. The van der Waals surface area contributed by atoms with Gasteiger partial charge in [-0.2, -0.15) is 8.78 Å². The van der Waals surface area contributed by atoms with Gasteiger partial charge in [0.05, 0.1) is 17.8 Å². The summed E-state index contributed by atoms with van der Waals surface area (Å²) in [5.74, 6) is -9.96. The van der Waals surface area contributed by atoms with E-state index < -0.39 is 40.5 Å². The van der Waals surface area contributed by atoms with Crippen molar-refractivity contribution < 1.29 is 27.1 Å². The van der Waals surface area contributed by atoms with Crippen molar-refractivity contribution in [3.05, 3.63) is 55.6 Å². The van der Waals surface area contributed by atoms with Gasteiger partial charge in [0.25, 0.3) is 5.91 Å². The molecule has 0 unspecified atom stereocenters. The topological polar surface area (TPSA) is 38.3 Å². The zero-order chi connectivity index (χ0) is 17.3. The first-order chi connectivity index (χ1) is 10.8. The van der Waals surface area contributed by atoms with Gasteiger partial charge in [0, 0.05) is 3.57 Å². The van der Waals surface area contributed by atoms with E-state index in [-0.39, 0.29) is 10.7 Å². The van der Waals surface area contributed by atoms with Crippen molar-refractivity contribution in [3.8, 4) is 5.75 Å². The first-order valence-corrected chi connectivity index (χ1v) is 7.40. The lowest BCUT2D eigenvalue weighted by atomic mass is 10.1. The predicted octanol–water partition coefficient (Wildman–Crippen LogP) is 4.76. The molecule has 122 valence electrons. The van der Waals surface area contributed by atoms with Gasteiger partial charge in [-0.3, -0.25) is 4.79 Å². The van der Waals surface area contributed by atoms with Crippen LogP contribution in [0, 0.1) is 26.8 Å². The number of halogens is 6. The number of hydrogen-bond donors (Lipinski definition) is 1. The molecule has 1 amide bonds. The maximum atomic E-state index is 13.9. The summed E-state index contributed by atoms with van der Waals surface area (Å²) < 4.78 is 59.9. The average molecular weight is 460 g/mol. The van der Waals surface area contributed by atoms with Crippen LogP contribution in [0.4, 0.5) is 23.2 Å². The third kappa shape index (κ3) is 3.37. The third-order valence-corrected chi connectivity index (χ3v) is 3.82. The summed E-state index contributed by atoms with van der Waals surface area (Å²) in [6, 6.07) is 4.44. The molecule has 0 bridgehead atoms. The number of carbonyl (C=O) groups is 1. The predicted molar refractivity (Wildman–Crippen MR) is 84.9 cm³/mol. The van der Waals surface area contributed by atoms with Crippen LogP contribution in [0.1, 0.15) is 10.4 Å². The van der Waals surface area contributed by atoms with Crippen LogP contribution < -0.4 is 10.1 Å². The highest BCUT2D eigenvalue weighted by atomic mass is 127. The van der Waals surface area contributed by atoms with Crippen molar-refractivity contribution >= 4 is 45.8 Å². The molecule has 23 heavy (non-hydrogen) atoms. The summed E-state index contributed by atoms with van der Waals surface area (Å²) in [6.45, 7) is 0. The van der Waals surface area contributed by atoms with E-state index in [2.05, 4.69) is 10.1 Å². The van der Waals surface area contributed by atoms with Crippen molar-refractivity contribution in [2.24, 2.45) is 0 Å². The lowest BCUT2D eigenvalue weighted by Crippen LogP contribution is -2.19. The molecule has 9 heteroatoms. The van der Waals surface area contributed by atoms with Crippen molar-refractivity contribution in [2.75, 3.05) is 12.4 Å². The minimum atomic E-state index is -1.86. The fourth-order valence-electron chi connectivity index (χ4n) is 1.77. The molecule has 0 aromatic heterocycles. The van der Waals surface area contributed by atoms with Crippen LogP contribution in [0.15, 0.2) is 18.2 Å². The summed E-state index contributed by atoms with van der Waals surface area (Å²) in [5, 5.41) is 2.20. The quantitative estimate of drug-likeness (QED) is 0.408. The van der Waals surface area contributed by atoms with E-state index in [1.54, 1.807) is 6.07 Å².